The van der Waals surface area contributed by atoms with Crippen molar-refractivity contribution < 1.29 is 9.53 Å². The van der Waals surface area contributed by atoms with Crippen LogP contribution in [0.3, 0.4) is 0 Å². The summed E-state index contributed by atoms with van der Waals surface area (Å²) in [6, 6.07) is 7.68. The number of nitrogens with one attached hydrogen (secondary N) is 1. The quantitative estimate of drug-likeness (QED) is 0.846. The van der Waals surface area contributed by atoms with Gasteiger partial charge in [-0.05, 0) is 18.1 Å². The van der Waals surface area contributed by atoms with Crippen molar-refractivity contribution in [2.24, 2.45) is 0 Å². The number of rotatable bonds is 2. The Hall–Kier alpha value is -1.55. The average Bonchev–Trinajstić information content (AvgIpc) is 2.40. The molecule has 0 atom stereocenters. The van der Waals surface area contributed by atoms with Crippen LogP contribution >= 0.6 is 0 Å². The molecule has 1 aliphatic heterocycles. The number of para-hydroxylation sites is 1. The van der Waals surface area contributed by atoms with E-state index in [4.69, 9.17) is 4.74 Å². The number of nitrogens with zero attached hydrogens (tertiary/aromatic N) is 1. The number of aryl methyl sites for hydroxylation is 1. The molecule has 1 amide bonds. The van der Waals surface area contributed by atoms with Crippen molar-refractivity contribution in [3.63, 3.8) is 0 Å². The maximum absolute atomic E-state index is 11.9. The maximum atomic E-state index is 11.9. The van der Waals surface area contributed by atoms with Crippen molar-refractivity contribution >= 4 is 6.09 Å². The molecule has 92 valence electrons. The van der Waals surface area contributed by atoms with Crippen LogP contribution in [0.5, 0.6) is 5.75 Å². The van der Waals surface area contributed by atoms with E-state index in [1.54, 1.807) is 4.90 Å². The first kappa shape index (κ1) is 11.9. The summed E-state index contributed by atoms with van der Waals surface area (Å²) in [4.78, 5) is 13.7. The van der Waals surface area contributed by atoms with E-state index in [2.05, 4.69) is 12.2 Å². The third-order valence-electron chi connectivity index (χ3n) is 2.93. The highest BCUT2D eigenvalue weighted by atomic mass is 16.6. The van der Waals surface area contributed by atoms with Crippen molar-refractivity contribution in [3.8, 4) is 5.75 Å². The van der Waals surface area contributed by atoms with Gasteiger partial charge in [0.25, 0.3) is 0 Å². The zero-order chi connectivity index (χ0) is 12.1. The van der Waals surface area contributed by atoms with Crippen LogP contribution in [0, 0.1) is 0 Å². The first-order valence-corrected chi connectivity index (χ1v) is 6.06. The zero-order valence-corrected chi connectivity index (χ0v) is 10.1. The predicted octanol–water partition coefficient (Wildman–Crippen LogP) is 1.65. The Morgan fingerprint density at radius 1 is 1.35 bits per heavy atom. The van der Waals surface area contributed by atoms with Crippen LogP contribution in [0.25, 0.3) is 0 Å². The largest absolute Gasteiger partial charge is 0.415 e. The van der Waals surface area contributed by atoms with Crippen LogP contribution in [0.4, 0.5) is 4.79 Å². The van der Waals surface area contributed by atoms with Crippen LogP contribution in [-0.4, -0.2) is 37.2 Å². The van der Waals surface area contributed by atoms with Crippen molar-refractivity contribution in [3.05, 3.63) is 29.8 Å². The number of benzene rings is 1. The van der Waals surface area contributed by atoms with Crippen molar-refractivity contribution in [2.75, 3.05) is 26.2 Å². The third kappa shape index (κ3) is 2.97. The topological polar surface area (TPSA) is 41.6 Å². The zero-order valence-electron chi connectivity index (χ0n) is 10.1. The average molecular weight is 234 g/mol. The molecule has 0 saturated carbocycles. The molecule has 0 aromatic heterocycles. The molecular formula is C13H18N2O2. The van der Waals surface area contributed by atoms with Crippen LogP contribution in [0.15, 0.2) is 24.3 Å². The summed E-state index contributed by atoms with van der Waals surface area (Å²) in [6.07, 6.45) is 0.623. The van der Waals surface area contributed by atoms with E-state index < -0.39 is 0 Å². The van der Waals surface area contributed by atoms with Crippen molar-refractivity contribution in [1.29, 1.82) is 0 Å². The molecule has 0 unspecified atom stereocenters. The number of carbonyl (C=O) groups is 1. The van der Waals surface area contributed by atoms with E-state index in [1.807, 2.05) is 24.3 Å². The number of carbonyl (C=O) groups excluding carboxylic acids is 1. The van der Waals surface area contributed by atoms with Gasteiger partial charge >= 0.3 is 6.09 Å². The Kier molecular flexibility index (Phi) is 3.98. The van der Waals surface area contributed by atoms with Crippen molar-refractivity contribution in [1.82, 2.24) is 10.2 Å². The van der Waals surface area contributed by atoms with Crippen LogP contribution < -0.4 is 10.1 Å². The summed E-state index contributed by atoms with van der Waals surface area (Å²) in [5, 5.41) is 3.21. The molecule has 17 heavy (non-hydrogen) atoms. The first-order valence-electron chi connectivity index (χ1n) is 6.06. The summed E-state index contributed by atoms with van der Waals surface area (Å²) in [6.45, 7) is 5.16. The van der Waals surface area contributed by atoms with E-state index in [0.29, 0.717) is 18.8 Å². The minimum absolute atomic E-state index is 0.243. The molecule has 0 aliphatic carbocycles. The molecule has 0 radical (unpaired) electrons. The van der Waals surface area contributed by atoms with E-state index in [9.17, 15) is 4.79 Å². The number of hydrogen-bond acceptors (Lipinski definition) is 3. The molecule has 4 heteroatoms. The van der Waals surface area contributed by atoms with E-state index in [1.165, 1.54) is 0 Å². The summed E-state index contributed by atoms with van der Waals surface area (Å²) in [7, 11) is 0. The highest BCUT2D eigenvalue weighted by molar-refractivity contribution is 5.71. The molecule has 1 heterocycles. The van der Waals surface area contributed by atoms with Gasteiger partial charge in [0.05, 0.1) is 0 Å². The summed E-state index contributed by atoms with van der Waals surface area (Å²) >= 11 is 0. The second-order valence-electron chi connectivity index (χ2n) is 4.07. The highest BCUT2D eigenvalue weighted by Gasteiger charge is 2.18. The van der Waals surface area contributed by atoms with Gasteiger partial charge in [0.2, 0.25) is 0 Å². The van der Waals surface area contributed by atoms with Gasteiger partial charge in [-0.15, -0.1) is 0 Å². The Labute approximate surface area is 102 Å². The third-order valence-corrected chi connectivity index (χ3v) is 2.93. The number of ether oxygens (including phenoxy) is 1. The fourth-order valence-electron chi connectivity index (χ4n) is 1.90. The number of piperazine rings is 1. The molecule has 1 aromatic rings. The minimum atomic E-state index is -0.243. The lowest BCUT2D eigenvalue weighted by Gasteiger charge is -2.26. The normalized spacial score (nSPS) is 15.7. The molecule has 0 spiro atoms. The van der Waals surface area contributed by atoms with Crippen LogP contribution in [-0.2, 0) is 6.42 Å². The van der Waals surface area contributed by atoms with Gasteiger partial charge in [0.1, 0.15) is 5.75 Å². The van der Waals surface area contributed by atoms with Gasteiger partial charge in [-0.25, -0.2) is 4.79 Å². The molecular weight excluding hydrogens is 216 g/mol. The molecule has 4 nitrogen and oxygen atoms in total. The lowest BCUT2D eigenvalue weighted by atomic mass is 10.1. The summed E-state index contributed by atoms with van der Waals surface area (Å²) in [5.41, 5.74) is 1.07. The summed E-state index contributed by atoms with van der Waals surface area (Å²) < 4.78 is 5.44. The molecule has 2 rings (SSSR count). The van der Waals surface area contributed by atoms with Gasteiger partial charge in [0, 0.05) is 26.2 Å². The molecule has 1 N–H and O–H groups in total. The Bertz CT molecular complexity index is 387. The Morgan fingerprint density at radius 2 is 2.06 bits per heavy atom. The molecule has 1 fully saturated rings. The lowest BCUT2D eigenvalue weighted by molar-refractivity contribution is 0.145. The number of hydrogen-bond donors (Lipinski definition) is 1. The SMILES string of the molecule is CCc1ccccc1OC(=O)N1CCNCC1. The fraction of sp³-hybridized carbons (Fsp3) is 0.462. The standard InChI is InChI=1S/C13H18N2O2/c1-2-11-5-3-4-6-12(11)17-13(16)15-9-7-14-8-10-15/h3-6,14H,2,7-10H2,1H3. The molecule has 1 saturated heterocycles. The Balaban J connectivity index is 2.01. The van der Waals surface area contributed by atoms with E-state index in [-0.39, 0.29) is 6.09 Å². The van der Waals surface area contributed by atoms with Gasteiger partial charge in [0.15, 0.2) is 0 Å². The van der Waals surface area contributed by atoms with E-state index >= 15 is 0 Å². The van der Waals surface area contributed by atoms with Crippen LogP contribution in [0.2, 0.25) is 0 Å². The van der Waals surface area contributed by atoms with Gasteiger partial charge < -0.3 is 15.0 Å². The van der Waals surface area contributed by atoms with Gasteiger partial charge in [-0.1, -0.05) is 25.1 Å². The molecule has 0 bridgehead atoms. The first-order chi connectivity index (χ1) is 8.31. The minimum Gasteiger partial charge on any atom is -0.410 e. The van der Waals surface area contributed by atoms with Gasteiger partial charge in [-0.3, -0.25) is 0 Å². The monoisotopic (exact) mass is 234 g/mol. The molecule has 1 aliphatic rings. The fourth-order valence-corrected chi connectivity index (χ4v) is 1.90. The number of amides is 1. The second kappa shape index (κ2) is 5.68. The predicted molar refractivity (Wildman–Crippen MR) is 66.3 cm³/mol. The maximum Gasteiger partial charge on any atom is 0.415 e. The Morgan fingerprint density at radius 3 is 2.76 bits per heavy atom. The van der Waals surface area contributed by atoms with Crippen LogP contribution in [0.1, 0.15) is 12.5 Å². The smallest absolute Gasteiger partial charge is 0.410 e. The highest BCUT2D eigenvalue weighted by Crippen LogP contribution is 2.19. The lowest BCUT2D eigenvalue weighted by Crippen LogP contribution is -2.47. The van der Waals surface area contributed by atoms with E-state index in [0.717, 1.165) is 25.1 Å². The van der Waals surface area contributed by atoms with Crippen molar-refractivity contribution in [2.45, 2.75) is 13.3 Å². The second-order valence-corrected chi connectivity index (χ2v) is 4.07. The summed E-state index contributed by atoms with van der Waals surface area (Å²) in [5.74, 6) is 0.679. The van der Waals surface area contributed by atoms with Gasteiger partial charge in [-0.2, -0.15) is 0 Å². The molecule has 1 aromatic carbocycles.